The summed E-state index contributed by atoms with van der Waals surface area (Å²) in [7, 11) is 0. The Morgan fingerprint density at radius 1 is 1.40 bits per heavy atom. The van der Waals surface area contributed by atoms with Crippen LogP contribution in [0.15, 0.2) is 18.2 Å². The number of carboxylic acids is 1. The summed E-state index contributed by atoms with van der Waals surface area (Å²) in [6.45, 7) is 3.49. The number of rotatable bonds is 2. The lowest BCUT2D eigenvalue weighted by Gasteiger charge is -2.31. The van der Waals surface area contributed by atoms with Crippen molar-refractivity contribution in [2.75, 3.05) is 18.4 Å². The minimum absolute atomic E-state index is 0.0212. The van der Waals surface area contributed by atoms with E-state index in [0.29, 0.717) is 19.0 Å². The number of aromatic carboxylic acids is 1. The van der Waals surface area contributed by atoms with Crippen molar-refractivity contribution in [3.8, 4) is 5.75 Å². The molecule has 1 heterocycles. The minimum Gasteiger partial charge on any atom is -0.506 e. The van der Waals surface area contributed by atoms with Gasteiger partial charge >= 0.3 is 12.0 Å². The van der Waals surface area contributed by atoms with Gasteiger partial charge in [-0.1, -0.05) is 6.92 Å². The molecule has 0 aliphatic carbocycles. The van der Waals surface area contributed by atoms with Gasteiger partial charge in [-0.2, -0.15) is 0 Å². The molecule has 1 aromatic carbocycles. The fourth-order valence-corrected chi connectivity index (χ4v) is 2.34. The van der Waals surface area contributed by atoms with E-state index in [-0.39, 0.29) is 23.0 Å². The highest BCUT2D eigenvalue weighted by Crippen LogP contribution is 2.25. The predicted molar refractivity (Wildman–Crippen MR) is 74.1 cm³/mol. The molecule has 1 aliphatic rings. The first-order valence-electron chi connectivity index (χ1n) is 6.59. The van der Waals surface area contributed by atoms with Crippen molar-refractivity contribution in [1.29, 1.82) is 0 Å². The predicted octanol–water partition coefficient (Wildman–Crippen LogP) is 2.35. The molecule has 0 bridgehead atoms. The lowest BCUT2D eigenvalue weighted by molar-refractivity contribution is 0.0696. The third-order valence-corrected chi connectivity index (χ3v) is 3.43. The molecule has 2 amide bonds. The number of carboxylic acid groups (broad SMARTS) is 1. The Morgan fingerprint density at radius 3 is 2.75 bits per heavy atom. The van der Waals surface area contributed by atoms with Crippen molar-refractivity contribution in [2.24, 2.45) is 5.92 Å². The number of hydrogen-bond donors (Lipinski definition) is 3. The van der Waals surface area contributed by atoms with Crippen LogP contribution in [0.4, 0.5) is 10.5 Å². The highest BCUT2D eigenvalue weighted by atomic mass is 16.4. The van der Waals surface area contributed by atoms with Crippen LogP contribution in [0.2, 0.25) is 0 Å². The molecule has 6 nitrogen and oxygen atoms in total. The van der Waals surface area contributed by atoms with Gasteiger partial charge in [-0.25, -0.2) is 9.59 Å². The van der Waals surface area contributed by atoms with E-state index in [2.05, 4.69) is 12.2 Å². The van der Waals surface area contributed by atoms with Crippen LogP contribution in [0.5, 0.6) is 5.75 Å². The SMILES string of the molecule is CC1CCCN(C(=O)Nc2ccc(C(=O)O)cc2O)C1. The van der Waals surface area contributed by atoms with Crippen LogP contribution in [-0.4, -0.2) is 40.2 Å². The smallest absolute Gasteiger partial charge is 0.335 e. The molecule has 0 spiro atoms. The molecule has 0 radical (unpaired) electrons. The average molecular weight is 278 g/mol. The van der Waals surface area contributed by atoms with Crippen LogP contribution in [0.1, 0.15) is 30.1 Å². The van der Waals surface area contributed by atoms with Crippen LogP contribution in [0.25, 0.3) is 0 Å². The largest absolute Gasteiger partial charge is 0.506 e. The van der Waals surface area contributed by atoms with E-state index < -0.39 is 5.97 Å². The summed E-state index contributed by atoms with van der Waals surface area (Å²) in [6, 6.07) is 3.59. The molecular weight excluding hydrogens is 260 g/mol. The highest BCUT2D eigenvalue weighted by Gasteiger charge is 2.21. The Kier molecular flexibility index (Phi) is 4.12. The summed E-state index contributed by atoms with van der Waals surface area (Å²) in [5, 5.41) is 21.2. The van der Waals surface area contributed by atoms with Crippen LogP contribution in [0.3, 0.4) is 0 Å². The van der Waals surface area contributed by atoms with E-state index >= 15 is 0 Å². The Morgan fingerprint density at radius 2 is 2.15 bits per heavy atom. The van der Waals surface area contributed by atoms with Gasteiger partial charge in [0.25, 0.3) is 0 Å². The summed E-state index contributed by atoms with van der Waals surface area (Å²) < 4.78 is 0. The van der Waals surface area contributed by atoms with Gasteiger partial charge in [0.1, 0.15) is 5.75 Å². The van der Waals surface area contributed by atoms with Gasteiger partial charge in [0.05, 0.1) is 11.3 Å². The molecule has 6 heteroatoms. The van der Waals surface area contributed by atoms with Gasteiger partial charge in [0, 0.05) is 13.1 Å². The second-order valence-electron chi connectivity index (χ2n) is 5.16. The summed E-state index contributed by atoms with van der Waals surface area (Å²) >= 11 is 0. The summed E-state index contributed by atoms with van der Waals surface area (Å²) in [6.07, 6.45) is 2.08. The first-order chi connectivity index (χ1) is 9.47. The summed E-state index contributed by atoms with van der Waals surface area (Å²) in [5.74, 6) is -0.899. The number of likely N-dealkylation sites (tertiary alicyclic amines) is 1. The quantitative estimate of drug-likeness (QED) is 0.724. The van der Waals surface area contributed by atoms with E-state index in [1.165, 1.54) is 12.1 Å². The molecule has 1 aromatic rings. The fourth-order valence-electron chi connectivity index (χ4n) is 2.34. The summed E-state index contributed by atoms with van der Waals surface area (Å²) in [4.78, 5) is 24.5. The van der Waals surface area contributed by atoms with E-state index in [1.54, 1.807) is 4.90 Å². The zero-order valence-corrected chi connectivity index (χ0v) is 11.3. The number of phenols is 1. The number of hydrogen-bond acceptors (Lipinski definition) is 3. The molecule has 1 aliphatic heterocycles. The number of carbonyl (C=O) groups is 2. The molecule has 0 aromatic heterocycles. The van der Waals surface area contributed by atoms with Crippen LogP contribution >= 0.6 is 0 Å². The van der Waals surface area contributed by atoms with Crippen LogP contribution in [-0.2, 0) is 0 Å². The topological polar surface area (TPSA) is 89.9 Å². The zero-order chi connectivity index (χ0) is 14.7. The number of aromatic hydroxyl groups is 1. The number of carbonyl (C=O) groups excluding carboxylic acids is 1. The lowest BCUT2D eigenvalue weighted by Crippen LogP contribution is -2.41. The Hall–Kier alpha value is -2.24. The zero-order valence-electron chi connectivity index (χ0n) is 11.3. The highest BCUT2D eigenvalue weighted by molar-refractivity contribution is 5.93. The number of benzene rings is 1. The van der Waals surface area contributed by atoms with E-state index in [1.807, 2.05) is 0 Å². The number of nitrogens with one attached hydrogen (secondary N) is 1. The standard InChI is InChI=1S/C14H18N2O4/c1-9-3-2-6-16(8-9)14(20)15-11-5-4-10(13(18)19)7-12(11)17/h4-5,7,9,17H,2-3,6,8H2,1H3,(H,15,20)(H,18,19). The number of anilines is 1. The van der Waals surface area contributed by atoms with E-state index in [0.717, 1.165) is 18.9 Å². The van der Waals surface area contributed by atoms with Crippen molar-refractivity contribution < 1.29 is 19.8 Å². The van der Waals surface area contributed by atoms with Crippen molar-refractivity contribution >= 4 is 17.7 Å². The number of urea groups is 1. The molecule has 20 heavy (non-hydrogen) atoms. The number of piperidine rings is 1. The van der Waals surface area contributed by atoms with Crippen molar-refractivity contribution in [3.63, 3.8) is 0 Å². The maximum Gasteiger partial charge on any atom is 0.335 e. The maximum atomic E-state index is 12.1. The maximum absolute atomic E-state index is 12.1. The molecule has 108 valence electrons. The van der Waals surface area contributed by atoms with E-state index in [4.69, 9.17) is 5.11 Å². The van der Waals surface area contributed by atoms with Gasteiger partial charge in [-0.3, -0.25) is 0 Å². The second kappa shape index (κ2) is 5.81. The van der Waals surface area contributed by atoms with Crippen molar-refractivity contribution in [3.05, 3.63) is 23.8 Å². The molecule has 0 saturated carbocycles. The molecule has 2 rings (SSSR count). The monoisotopic (exact) mass is 278 g/mol. The third-order valence-electron chi connectivity index (χ3n) is 3.43. The van der Waals surface area contributed by atoms with Crippen molar-refractivity contribution in [2.45, 2.75) is 19.8 Å². The van der Waals surface area contributed by atoms with E-state index in [9.17, 15) is 14.7 Å². The Labute approximate surface area is 117 Å². The number of phenolic OH excluding ortho intramolecular Hbond substituents is 1. The van der Waals surface area contributed by atoms with Gasteiger partial charge in [-0.15, -0.1) is 0 Å². The van der Waals surface area contributed by atoms with Gasteiger partial charge < -0.3 is 20.4 Å². The molecule has 1 fully saturated rings. The van der Waals surface area contributed by atoms with Gasteiger partial charge in [0.2, 0.25) is 0 Å². The molecule has 1 saturated heterocycles. The van der Waals surface area contributed by atoms with Crippen LogP contribution in [0, 0.1) is 5.92 Å². The fraction of sp³-hybridized carbons (Fsp3) is 0.429. The molecule has 3 N–H and O–H groups in total. The first kappa shape index (κ1) is 14.2. The van der Waals surface area contributed by atoms with Gasteiger partial charge in [0.15, 0.2) is 0 Å². The normalized spacial score (nSPS) is 18.6. The summed E-state index contributed by atoms with van der Waals surface area (Å²) in [5.41, 5.74) is 0.199. The Balaban J connectivity index is 2.06. The lowest BCUT2D eigenvalue weighted by atomic mass is 10.0. The number of nitrogens with zero attached hydrogens (tertiary/aromatic N) is 1. The van der Waals surface area contributed by atoms with Crippen LogP contribution < -0.4 is 5.32 Å². The second-order valence-corrected chi connectivity index (χ2v) is 5.16. The molecule has 1 atom stereocenters. The third kappa shape index (κ3) is 3.20. The Bertz CT molecular complexity index is 530. The average Bonchev–Trinajstić information content (AvgIpc) is 2.40. The first-order valence-corrected chi connectivity index (χ1v) is 6.59. The number of amides is 2. The van der Waals surface area contributed by atoms with Crippen molar-refractivity contribution in [1.82, 2.24) is 4.90 Å². The van der Waals surface area contributed by atoms with Gasteiger partial charge in [-0.05, 0) is 37.0 Å². The minimum atomic E-state index is -1.12. The molecule has 1 unspecified atom stereocenters. The molecular formula is C14H18N2O4.